The third kappa shape index (κ3) is 4.69. The molecular weight excluding hydrogens is 607 g/mol. The molecule has 0 bridgehead atoms. The van der Waals surface area contributed by atoms with Crippen molar-refractivity contribution < 1.29 is 0 Å². The molecule has 3 nitrogen and oxygen atoms in total. The Morgan fingerprint density at radius 2 is 0.880 bits per heavy atom. The molecule has 0 atom stereocenters. The van der Waals surface area contributed by atoms with Crippen molar-refractivity contribution in [3.8, 4) is 45.0 Å². The monoisotopic (exact) mass is 641 g/mol. The smallest absolute Gasteiger partial charge is 0.0715 e. The SMILES string of the molecule is C1=Cc2c(c3ccccc3n2-c2ccc(-c3cc(-c4ccccc4)cc(-c4ccc(-n5c6c(c7ccccc75)CCC=C6)cc4)n3)cc2)CC1. The molecular formula is C47H35N3. The van der Waals surface area contributed by atoms with E-state index >= 15 is 0 Å². The van der Waals surface area contributed by atoms with Crippen LogP contribution in [0.3, 0.4) is 0 Å². The number of allylic oxidation sites excluding steroid dienone is 2. The van der Waals surface area contributed by atoms with Gasteiger partial charge < -0.3 is 9.13 Å². The number of nitrogens with zero attached hydrogens (tertiary/aromatic N) is 3. The van der Waals surface area contributed by atoms with Gasteiger partial charge in [0.15, 0.2) is 0 Å². The van der Waals surface area contributed by atoms with Crippen LogP contribution in [-0.2, 0) is 12.8 Å². The Kier molecular flexibility index (Phi) is 6.76. The summed E-state index contributed by atoms with van der Waals surface area (Å²) < 4.78 is 4.82. The first kappa shape index (κ1) is 28.8. The summed E-state index contributed by atoms with van der Waals surface area (Å²) in [6, 6.07) is 50.5. The van der Waals surface area contributed by atoms with Gasteiger partial charge in [0.2, 0.25) is 0 Å². The maximum atomic E-state index is 5.29. The molecule has 238 valence electrons. The van der Waals surface area contributed by atoms with E-state index < -0.39 is 0 Å². The molecule has 0 aliphatic heterocycles. The Morgan fingerprint density at radius 3 is 1.38 bits per heavy atom. The quantitative estimate of drug-likeness (QED) is 0.183. The van der Waals surface area contributed by atoms with E-state index in [4.69, 9.17) is 4.98 Å². The van der Waals surface area contributed by atoms with Crippen molar-refractivity contribution in [2.24, 2.45) is 0 Å². The van der Waals surface area contributed by atoms with E-state index in [9.17, 15) is 0 Å². The van der Waals surface area contributed by atoms with E-state index in [1.165, 1.54) is 61.3 Å². The molecule has 0 radical (unpaired) electrons. The first-order valence-corrected chi connectivity index (χ1v) is 17.7. The zero-order chi connectivity index (χ0) is 33.0. The van der Waals surface area contributed by atoms with Crippen molar-refractivity contribution in [2.45, 2.75) is 25.7 Å². The molecule has 10 rings (SSSR count). The molecule has 2 aliphatic carbocycles. The third-order valence-electron chi connectivity index (χ3n) is 10.5. The van der Waals surface area contributed by atoms with Crippen molar-refractivity contribution >= 4 is 34.0 Å². The average molecular weight is 642 g/mol. The Balaban J connectivity index is 1.06. The van der Waals surface area contributed by atoms with E-state index in [1.807, 2.05) is 0 Å². The van der Waals surface area contributed by atoms with Crippen LogP contribution in [0.4, 0.5) is 0 Å². The largest absolute Gasteiger partial charge is 0.310 e. The highest BCUT2D eigenvalue weighted by Gasteiger charge is 2.20. The van der Waals surface area contributed by atoms with Crippen LogP contribution in [0.5, 0.6) is 0 Å². The molecule has 3 heteroatoms. The molecule has 50 heavy (non-hydrogen) atoms. The lowest BCUT2D eigenvalue weighted by Gasteiger charge is -2.14. The number of para-hydroxylation sites is 2. The maximum absolute atomic E-state index is 5.29. The molecule has 0 fully saturated rings. The van der Waals surface area contributed by atoms with Crippen LogP contribution in [0.1, 0.15) is 35.4 Å². The van der Waals surface area contributed by atoms with Crippen LogP contribution in [0.25, 0.3) is 79.0 Å². The first-order valence-electron chi connectivity index (χ1n) is 17.7. The van der Waals surface area contributed by atoms with Crippen LogP contribution in [0, 0.1) is 0 Å². The van der Waals surface area contributed by atoms with Crippen LogP contribution in [-0.4, -0.2) is 14.1 Å². The van der Waals surface area contributed by atoms with Crippen molar-refractivity contribution in [1.29, 1.82) is 0 Å². The van der Waals surface area contributed by atoms with E-state index in [1.54, 1.807) is 0 Å². The second kappa shape index (κ2) is 11.7. The summed E-state index contributed by atoms with van der Waals surface area (Å²) in [4.78, 5) is 5.29. The number of hydrogen-bond donors (Lipinski definition) is 0. The zero-order valence-corrected chi connectivity index (χ0v) is 27.8. The summed E-state index contributed by atoms with van der Waals surface area (Å²) in [6.07, 6.45) is 13.5. The summed E-state index contributed by atoms with van der Waals surface area (Å²) in [5, 5.41) is 2.70. The van der Waals surface area contributed by atoms with Gasteiger partial charge in [-0.2, -0.15) is 0 Å². The van der Waals surface area contributed by atoms with Gasteiger partial charge in [-0.05, 0) is 109 Å². The summed E-state index contributed by atoms with van der Waals surface area (Å²) in [6.45, 7) is 0. The summed E-state index contributed by atoms with van der Waals surface area (Å²) in [7, 11) is 0. The number of hydrogen-bond acceptors (Lipinski definition) is 1. The molecule has 0 spiro atoms. The highest BCUT2D eigenvalue weighted by molar-refractivity contribution is 5.92. The van der Waals surface area contributed by atoms with Gasteiger partial charge in [-0.25, -0.2) is 4.98 Å². The van der Waals surface area contributed by atoms with Crippen LogP contribution >= 0.6 is 0 Å². The minimum Gasteiger partial charge on any atom is -0.310 e. The van der Waals surface area contributed by atoms with Crippen molar-refractivity contribution in [3.63, 3.8) is 0 Å². The fourth-order valence-electron chi connectivity index (χ4n) is 8.12. The van der Waals surface area contributed by atoms with Crippen molar-refractivity contribution in [3.05, 3.63) is 174 Å². The lowest BCUT2D eigenvalue weighted by Crippen LogP contribution is -2.00. The molecule has 0 saturated heterocycles. The third-order valence-corrected chi connectivity index (χ3v) is 10.5. The molecule has 8 aromatic rings. The number of pyridine rings is 1. The van der Waals surface area contributed by atoms with Crippen LogP contribution < -0.4 is 0 Å². The Hall–Kier alpha value is -6.19. The second-order valence-electron chi connectivity index (χ2n) is 13.4. The lowest BCUT2D eigenvalue weighted by atomic mass is 9.99. The summed E-state index contributed by atoms with van der Waals surface area (Å²) in [5.74, 6) is 0. The van der Waals surface area contributed by atoms with Crippen LogP contribution in [0.2, 0.25) is 0 Å². The minimum atomic E-state index is 0.965. The van der Waals surface area contributed by atoms with Gasteiger partial charge in [0, 0.05) is 44.7 Å². The van der Waals surface area contributed by atoms with E-state index in [2.05, 4.69) is 173 Å². The molecule has 0 saturated carbocycles. The van der Waals surface area contributed by atoms with Gasteiger partial charge in [-0.1, -0.05) is 103 Å². The predicted octanol–water partition coefficient (Wildman–Crippen LogP) is 11.9. The number of fused-ring (bicyclic) bond motifs is 6. The lowest BCUT2D eigenvalue weighted by molar-refractivity contribution is 0.967. The summed E-state index contributed by atoms with van der Waals surface area (Å²) in [5.41, 5.74) is 16.8. The fraction of sp³-hybridized carbons (Fsp3) is 0.0851. The van der Waals surface area contributed by atoms with E-state index in [0.29, 0.717) is 0 Å². The minimum absolute atomic E-state index is 0.965. The van der Waals surface area contributed by atoms with Crippen molar-refractivity contribution in [2.75, 3.05) is 0 Å². The van der Waals surface area contributed by atoms with Gasteiger partial charge in [-0.3, -0.25) is 0 Å². The van der Waals surface area contributed by atoms with Gasteiger partial charge >= 0.3 is 0 Å². The van der Waals surface area contributed by atoms with E-state index in [0.717, 1.165) is 53.8 Å². The maximum Gasteiger partial charge on any atom is 0.0715 e. The van der Waals surface area contributed by atoms with Gasteiger partial charge in [0.05, 0.1) is 22.4 Å². The molecule has 2 aliphatic rings. The van der Waals surface area contributed by atoms with Gasteiger partial charge in [0.25, 0.3) is 0 Å². The molecule has 0 unspecified atom stereocenters. The standard InChI is InChI=1S/C47H35N3/c1-2-12-32(13-3-1)35-30-42(33-22-26-36(27-23-33)49-44-18-8-4-14-38(44)39-15-5-9-19-45(39)49)48-43(31-35)34-24-28-37(29-25-34)50-46-20-10-6-16-40(46)41-17-7-11-21-47(41)50/h1-4,6,8-14,16,18-31H,5,7,15,17H2. The highest BCUT2D eigenvalue weighted by Crippen LogP contribution is 2.37. The molecule has 0 amide bonds. The Bertz CT molecular complexity index is 2450. The molecule has 3 heterocycles. The number of aryl methyl sites for hydroxylation is 2. The molecule has 3 aromatic heterocycles. The second-order valence-corrected chi connectivity index (χ2v) is 13.4. The van der Waals surface area contributed by atoms with Gasteiger partial charge in [0.1, 0.15) is 0 Å². The normalized spacial score (nSPS) is 13.5. The van der Waals surface area contributed by atoms with Crippen molar-refractivity contribution in [1.82, 2.24) is 14.1 Å². The fourth-order valence-corrected chi connectivity index (χ4v) is 8.12. The van der Waals surface area contributed by atoms with E-state index in [-0.39, 0.29) is 0 Å². The topological polar surface area (TPSA) is 22.8 Å². The zero-order valence-electron chi connectivity index (χ0n) is 27.8. The first-order chi connectivity index (χ1) is 24.8. The Morgan fingerprint density at radius 1 is 0.420 bits per heavy atom. The summed E-state index contributed by atoms with van der Waals surface area (Å²) >= 11 is 0. The number of aromatic nitrogens is 3. The average Bonchev–Trinajstić information content (AvgIpc) is 3.71. The predicted molar refractivity (Wildman–Crippen MR) is 209 cm³/mol. The number of rotatable bonds is 5. The molecule has 5 aromatic carbocycles. The number of benzene rings is 5. The molecule has 0 N–H and O–H groups in total. The highest BCUT2D eigenvalue weighted by atomic mass is 15.0. The van der Waals surface area contributed by atoms with Crippen LogP contribution in [0.15, 0.2) is 152 Å². The van der Waals surface area contributed by atoms with Gasteiger partial charge in [-0.15, -0.1) is 0 Å². The Labute approximate surface area is 292 Å².